The quantitative estimate of drug-likeness (QED) is 0.636. The first-order chi connectivity index (χ1) is 7.36. The minimum absolute atomic E-state index is 0.529. The van der Waals surface area contributed by atoms with Crippen LogP contribution in [-0.4, -0.2) is 23.9 Å². The zero-order valence-electron chi connectivity index (χ0n) is 8.90. The van der Waals surface area contributed by atoms with Crippen LogP contribution in [0.15, 0.2) is 4.52 Å². The summed E-state index contributed by atoms with van der Waals surface area (Å²) >= 11 is 0. The number of nitrogens with zero attached hydrogens (tertiary/aromatic N) is 3. The van der Waals surface area contributed by atoms with E-state index < -0.39 is 0 Å². The van der Waals surface area contributed by atoms with Gasteiger partial charge in [0.05, 0.1) is 6.07 Å². The molecule has 5 heteroatoms. The number of aryl methyl sites for hydroxylation is 2. The van der Waals surface area contributed by atoms with Crippen LogP contribution in [0.3, 0.4) is 0 Å². The lowest BCUT2D eigenvalue weighted by Crippen LogP contribution is -1.94. The van der Waals surface area contributed by atoms with Crippen molar-refractivity contribution < 1.29 is 9.26 Å². The van der Waals surface area contributed by atoms with E-state index in [4.69, 9.17) is 14.5 Å². The van der Waals surface area contributed by atoms with Crippen molar-refractivity contribution in [3.05, 3.63) is 11.7 Å². The summed E-state index contributed by atoms with van der Waals surface area (Å²) in [6, 6.07) is 2.08. The number of ether oxygens (including phenoxy) is 1. The van der Waals surface area contributed by atoms with Crippen molar-refractivity contribution in [2.75, 3.05) is 13.7 Å². The average molecular weight is 209 g/mol. The van der Waals surface area contributed by atoms with E-state index in [2.05, 4.69) is 16.2 Å². The second-order valence-corrected chi connectivity index (χ2v) is 3.21. The van der Waals surface area contributed by atoms with E-state index in [1.165, 1.54) is 0 Å². The van der Waals surface area contributed by atoms with Crippen molar-refractivity contribution in [2.45, 2.75) is 32.1 Å². The second-order valence-electron chi connectivity index (χ2n) is 3.21. The van der Waals surface area contributed by atoms with Crippen LogP contribution in [0.1, 0.15) is 31.0 Å². The van der Waals surface area contributed by atoms with E-state index in [0.717, 1.165) is 25.1 Å². The monoisotopic (exact) mass is 209 g/mol. The molecule has 15 heavy (non-hydrogen) atoms. The van der Waals surface area contributed by atoms with Gasteiger partial charge in [-0.3, -0.25) is 0 Å². The van der Waals surface area contributed by atoms with Gasteiger partial charge in [0.15, 0.2) is 5.82 Å². The predicted molar refractivity (Wildman–Crippen MR) is 53.0 cm³/mol. The van der Waals surface area contributed by atoms with Gasteiger partial charge in [0.25, 0.3) is 0 Å². The molecule has 1 heterocycles. The minimum Gasteiger partial charge on any atom is -0.385 e. The maximum absolute atomic E-state index is 8.36. The zero-order chi connectivity index (χ0) is 10.9. The van der Waals surface area contributed by atoms with Crippen molar-refractivity contribution in [1.29, 1.82) is 5.26 Å². The molecular weight excluding hydrogens is 194 g/mol. The van der Waals surface area contributed by atoms with Gasteiger partial charge in [0.1, 0.15) is 0 Å². The topological polar surface area (TPSA) is 71.9 Å². The Bertz CT molecular complexity index is 317. The third-order valence-electron chi connectivity index (χ3n) is 1.94. The van der Waals surface area contributed by atoms with E-state index in [9.17, 15) is 0 Å². The summed E-state index contributed by atoms with van der Waals surface area (Å²) in [6.07, 6.45) is 3.66. The Morgan fingerprint density at radius 2 is 2.27 bits per heavy atom. The van der Waals surface area contributed by atoms with Crippen LogP contribution >= 0.6 is 0 Å². The molecule has 0 radical (unpaired) electrons. The largest absolute Gasteiger partial charge is 0.385 e. The summed E-state index contributed by atoms with van der Waals surface area (Å²) in [5.41, 5.74) is 0. The van der Waals surface area contributed by atoms with Crippen LogP contribution in [0.4, 0.5) is 0 Å². The summed E-state index contributed by atoms with van der Waals surface area (Å²) in [5, 5.41) is 12.2. The summed E-state index contributed by atoms with van der Waals surface area (Å²) in [7, 11) is 1.67. The Labute approximate surface area is 89.0 Å². The minimum atomic E-state index is 0.529. The fourth-order valence-corrected chi connectivity index (χ4v) is 1.19. The molecule has 0 aromatic carbocycles. The molecule has 1 aromatic rings. The van der Waals surface area contributed by atoms with Gasteiger partial charge in [0, 0.05) is 33.0 Å². The number of methoxy groups -OCH3 is 1. The highest BCUT2D eigenvalue weighted by molar-refractivity contribution is 4.87. The van der Waals surface area contributed by atoms with Gasteiger partial charge in [-0.05, 0) is 12.8 Å². The molecule has 0 fully saturated rings. The van der Waals surface area contributed by atoms with E-state index in [0.29, 0.717) is 25.3 Å². The smallest absolute Gasteiger partial charge is 0.226 e. The molecule has 0 saturated heterocycles. The Hall–Kier alpha value is -1.41. The molecule has 5 nitrogen and oxygen atoms in total. The molecule has 1 rings (SSSR count). The van der Waals surface area contributed by atoms with Gasteiger partial charge in [0.2, 0.25) is 5.89 Å². The molecule has 1 aromatic heterocycles. The average Bonchev–Trinajstić information content (AvgIpc) is 2.67. The van der Waals surface area contributed by atoms with Crippen LogP contribution in [0, 0.1) is 11.3 Å². The molecule has 0 N–H and O–H groups in total. The van der Waals surface area contributed by atoms with Crippen molar-refractivity contribution in [3.8, 4) is 6.07 Å². The summed E-state index contributed by atoms with van der Waals surface area (Å²) in [5.74, 6) is 1.34. The van der Waals surface area contributed by atoms with Crippen molar-refractivity contribution in [2.24, 2.45) is 0 Å². The number of hydrogen-bond acceptors (Lipinski definition) is 5. The van der Waals surface area contributed by atoms with Gasteiger partial charge in [-0.1, -0.05) is 5.16 Å². The Morgan fingerprint density at radius 3 is 3.00 bits per heavy atom. The Balaban J connectivity index is 2.26. The lowest BCUT2D eigenvalue weighted by atomic mass is 10.2. The van der Waals surface area contributed by atoms with Crippen LogP contribution in [-0.2, 0) is 17.6 Å². The van der Waals surface area contributed by atoms with Crippen LogP contribution in [0.25, 0.3) is 0 Å². The molecule has 0 amide bonds. The molecule has 0 atom stereocenters. The van der Waals surface area contributed by atoms with E-state index in [-0.39, 0.29) is 0 Å². The van der Waals surface area contributed by atoms with Gasteiger partial charge in [-0.15, -0.1) is 0 Å². The van der Waals surface area contributed by atoms with Crippen molar-refractivity contribution >= 4 is 0 Å². The molecule has 0 aliphatic rings. The molecule has 0 bridgehead atoms. The lowest BCUT2D eigenvalue weighted by Gasteiger charge is -1.93. The highest BCUT2D eigenvalue weighted by Gasteiger charge is 2.05. The fourth-order valence-electron chi connectivity index (χ4n) is 1.19. The molecular formula is C10H15N3O2. The predicted octanol–water partition coefficient (Wildman–Crippen LogP) is 1.49. The number of unbranched alkanes of at least 4 members (excludes halogenated alkanes) is 1. The third-order valence-corrected chi connectivity index (χ3v) is 1.94. The van der Waals surface area contributed by atoms with E-state index in [1.807, 2.05) is 0 Å². The zero-order valence-corrected chi connectivity index (χ0v) is 8.90. The first-order valence-corrected chi connectivity index (χ1v) is 5.04. The number of nitriles is 1. The molecule has 0 aliphatic heterocycles. The summed E-state index contributed by atoms with van der Waals surface area (Å²) < 4.78 is 9.96. The number of hydrogen-bond donors (Lipinski definition) is 0. The fraction of sp³-hybridized carbons (Fsp3) is 0.700. The third kappa shape index (κ3) is 4.56. The normalized spacial score (nSPS) is 10.1. The van der Waals surface area contributed by atoms with Crippen molar-refractivity contribution in [3.63, 3.8) is 0 Å². The second kappa shape index (κ2) is 6.96. The number of rotatable bonds is 7. The van der Waals surface area contributed by atoms with Crippen LogP contribution < -0.4 is 0 Å². The van der Waals surface area contributed by atoms with Crippen LogP contribution in [0.5, 0.6) is 0 Å². The molecule has 0 spiro atoms. The van der Waals surface area contributed by atoms with Gasteiger partial charge < -0.3 is 9.26 Å². The van der Waals surface area contributed by atoms with Crippen LogP contribution in [0.2, 0.25) is 0 Å². The van der Waals surface area contributed by atoms with Gasteiger partial charge in [-0.25, -0.2) is 0 Å². The first kappa shape index (κ1) is 11.7. The summed E-state index contributed by atoms with van der Waals surface area (Å²) in [6.45, 7) is 0.707. The SMILES string of the molecule is COCCCc1noc(CCCC#N)n1. The maximum Gasteiger partial charge on any atom is 0.226 e. The molecule has 0 unspecified atom stereocenters. The van der Waals surface area contributed by atoms with Crippen molar-refractivity contribution in [1.82, 2.24) is 10.1 Å². The molecule has 0 saturated carbocycles. The lowest BCUT2D eigenvalue weighted by molar-refractivity contribution is 0.194. The van der Waals surface area contributed by atoms with E-state index >= 15 is 0 Å². The van der Waals surface area contributed by atoms with Gasteiger partial charge in [-0.2, -0.15) is 10.2 Å². The Morgan fingerprint density at radius 1 is 1.40 bits per heavy atom. The van der Waals surface area contributed by atoms with Gasteiger partial charge >= 0.3 is 0 Å². The Kier molecular flexibility index (Phi) is 5.41. The van der Waals surface area contributed by atoms with E-state index in [1.54, 1.807) is 7.11 Å². The summed E-state index contributed by atoms with van der Waals surface area (Å²) in [4.78, 5) is 4.21. The standard InChI is InChI=1S/C10H15N3O2/c1-14-8-4-5-9-12-10(15-13-9)6-2-3-7-11/h2-6,8H2,1H3. The molecule has 0 aliphatic carbocycles. The molecule has 82 valence electrons. The first-order valence-electron chi connectivity index (χ1n) is 5.04. The number of aromatic nitrogens is 2. The highest BCUT2D eigenvalue weighted by Crippen LogP contribution is 2.04. The maximum atomic E-state index is 8.36. The highest BCUT2D eigenvalue weighted by atomic mass is 16.5.